The van der Waals surface area contributed by atoms with Crippen LogP contribution in [0.15, 0.2) is 72.9 Å². The molecule has 0 bridgehead atoms. The number of aliphatic hydroxyl groups excluding tert-OH is 1. The molecule has 0 radical (unpaired) electrons. The Kier molecular flexibility index (Phi) is 8.24. The maximum Gasteiger partial charge on any atom is 0.128 e. The summed E-state index contributed by atoms with van der Waals surface area (Å²) >= 11 is 0. The summed E-state index contributed by atoms with van der Waals surface area (Å²) in [6.45, 7) is 7.31. The first-order chi connectivity index (χ1) is 15.1. The Morgan fingerprint density at radius 2 is 1.65 bits per heavy atom. The highest BCUT2D eigenvalue weighted by molar-refractivity contribution is 5.48. The molecule has 164 valence electrons. The van der Waals surface area contributed by atoms with Gasteiger partial charge in [-0.15, -0.1) is 0 Å². The van der Waals surface area contributed by atoms with Gasteiger partial charge < -0.3 is 19.6 Å². The summed E-state index contributed by atoms with van der Waals surface area (Å²) in [6.07, 6.45) is 1.01. The molecular weight excluding hydrogens is 393 g/mol. The number of aromatic nitrogens is 1. The fraction of sp³-hybridized carbons (Fsp3) is 0.320. The number of anilines is 2. The summed E-state index contributed by atoms with van der Waals surface area (Å²) in [7, 11) is 0. The normalized spacial score (nSPS) is 11.7. The van der Waals surface area contributed by atoms with Crippen LogP contribution in [0.2, 0.25) is 0 Å². The van der Waals surface area contributed by atoms with E-state index >= 15 is 0 Å². The quantitative estimate of drug-likeness (QED) is 0.492. The van der Waals surface area contributed by atoms with Gasteiger partial charge in [0.25, 0.3) is 0 Å². The molecule has 1 atom stereocenters. The first-order valence-corrected chi connectivity index (χ1v) is 10.6. The van der Waals surface area contributed by atoms with E-state index in [1.807, 2.05) is 23.1 Å². The van der Waals surface area contributed by atoms with Crippen molar-refractivity contribution in [2.24, 2.45) is 0 Å². The summed E-state index contributed by atoms with van der Waals surface area (Å²) in [6, 6.07) is 20.0. The maximum absolute atomic E-state index is 13.0. The molecule has 0 aliphatic rings. The number of pyridine rings is 1. The van der Waals surface area contributed by atoms with Crippen molar-refractivity contribution in [2.45, 2.75) is 26.5 Å². The second-order valence-corrected chi connectivity index (χ2v) is 7.33. The molecule has 1 N–H and O–H groups in total. The van der Waals surface area contributed by atoms with Crippen molar-refractivity contribution in [3.05, 3.63) is 84.3 Å². The van der Waals surface area contributed by atoms with E-state index in [4.69, 9.17) is 4.74 Å². The standard InChI is InChI=1S/C25H30FN3O2/c1-3-28(4-2)22-12-8-20(9-13-22)17-29(25-7-5-6-16-27-25)18-23(30)19-31-24-14-10-21(26)11-15-24/h5-16,23,30H,3-4,17-19H2,1-2H3. The van der Waals surface area contributed by atoms with Gasteiger partial charge >= 0.3 is 0 Å². The van der Waals surface area contributed by atoms with Crippen molar-refractivity contribution in [2.75, 3.05) is 36.0 Å². The second-order valence-electron chi connectivity index (χ2n) is 7.33. The number of rotatable bonds is 11. The van der Waals surface area contributed by atoms with Gasteiger partial charge in [0.05, 0.1) is 0 Å². The molecule has 5 nitrogen and oxygen atoms in total. The summed E-state index contributed by atoms with van der Waals surface area (Å²) < 4.78 is 18.6. The lowest BCUT2D eigenvalue weighted by molar-refractivity contribution is 0.111. The topological polar surface area (TPSA) is 48.8 Å². The van der Waals surface area contributed by atoms with Crippen molar-refractivity contribution in [3.8, 4) is 5.75 Å². The summed E-state index contributed by atoms with van der Waals surface area (Å²) in [5, 5.41) is 10.6. The first kappa shape index (κ1) is 22.6. The van der Waals surface area contributed by atoms with Crippen molar-refractivity contribution >= 4 is 11.5 Å². The maximum atomic E-state index is 13.0. The van der Waals surface area contributed by atoms with Crippen LogP contribution in [0.1, 0.15) is 19.4 Å². The third-order valence-electron chi connectivity index (χ3n) is 5.10. The zero-order valence-electron chi connectivity index (χ0n) is 18.1. The Bertz CT molecular complexity index is 900. The summed E-state index contributed by atoms with van der Waals surface area (Å²) in [5.41, 5.74) is 2.33. The van der Waals surface area contributed by atoms with Gasteiger partial charge in [0.1, 0.15) is 30.1 Å². The predicted octanol–water partition coefficient (Wildman–Crippen LogP) is 4.51. The average molecular weight is 424 g/mol. The van der Waals surface area contributed by atoms with Crippen LogP contribution in [0.4, 0.5) is 15.9 Å². The molecule has 1 heterocycles. The molecule has 0 saturated carbocycles. The number of benzene rings is 2. The van der Waals surface area contributed by atoms with E-state index in [-0.39, 0.29) is 12.4 Å². The molecular formula is C25H30FN3O2. The highest BCUT2D eigenvalue weighted by Crippen LogP contribution is 2.19. The molecule has 0 spiro atoms. The van der Waals surface area contributed by atoms with Gasteiger partial charge in [-0.3, -0.25) is 0 Å². The molecule has 3 rings (SSSR count). The highest BCUT2D eigenvalue weighted by Gasteiger charge is 2.15. The molecule has 0 aliphatic heterocycles. The Hall–Kier alpha value is -3.12. The monoisotopic (exact) mass is 423 g/mol. The van der Waals surface area contributed by atoms with Gasteiger partial charge in [-0.2, -0.15) is 0 Å². The minimum absolute atomic E-state index is 0.107. The van der Waals surface area contributed by atoms with Gasteiger partial charge in [0.2, 0.25) is 0 Å². The molecule has 1 aromatic heterocycles. The lowest BCUT2D eigenvalue weighted by Crippen LogP contribution is -2.35. The van der Waals surface area contributed by atoms with Crippen LogP contribution < -0.4 is 14.5 Å². The predicted molar refractivity (Wildman–Crippen MR) is 123 cm³/mol. The minimum Gasteiger partial charge on any atom is -0.491 e. The number of hydrogen-bond donors (Lipinski definition) is 1. The van der Waals surface area contributed by atoms with Crippen molar-refractivity contribution in [1.29, 1.82) is 0 Å². The summed E-state index contributed by atoms with van der Waals surface area (Å²) in [4.78, 5) is 8.79. The molecule has 31 heavy (non-hydrogen) atoms. The van der Waals surface area contributed by atoms with E-state index in [2.05, 4.69) is 48.0 Å². The molecule has 6 heteroatoms. The Balaban J connectivity index is 1.66. The van der Waals surface area contributed by atoms with Crippen LogP contribution in [0.5, 0.6) is 5.75 Å². The van der Waals surface area contributed by atoms with Crippen LogP contribution in [0.25, 0.3) is 0 Å². The van der Waals surface area contributed by atoms with E-state index in [1.54, 1.807) is 18.3 Å². The third-order valence-corrected chi connectivity index (χ3v) is 5.10. The number of nitrogens with zero attached hydrogens (tertiary/aromatic N) is 3. The lowest BCUT2D eigenvalue weighted by Gasteiger charge is -2.27. The van der Waals surface area contributed by atoms with Crippen molar-refractivity contribution < 1.29 is 14.2 Å². The lowest BCUT2D eigenvalue weighted by atomic mass is 10.1. The molecule has 3 aromatic rings. The largest absolute Gasteiger partial charge is 0.491 e. The van der Waals surface area contributed by atoms with E-state index in [0.29, 0.717) is 18.8 Å². The van der Waals surface area contributed by atoms with Gasteiger partial charge in [-0.1, -0.05) is 18.2 Å². The zero-order chi connectivity index (χ0) is 22.1. The highest BCUT2D eigenvalue weighted by atomic mass is 19.1. The molecule has 0 amide bonds. The molecule has 0 aliphatic carbocycles. The van der Waals surface area contributed by atoms with Gasteiger partial charge in [0, 0.05) is 38.1 Å². The zero-order valence-corrected chi connectivity index (χ0v) is 18.1. The molecule has 0 saturated heterocycles. The molecule has 2 aromatic carbocycles. The van der Waals surface area contributed by atoms with E-state index in [1.165, 1.54) is 17.8 Å². The summed E-state index contributed by atoms with van der Waals surface area (Å²) in [5.74, 6) is 0.995. The second kappa shape index (κ2) is 11.3. The number of hydrogen-bond acceptors (Lipinski definition) is 5. The fourth-order valence-electron chi connectivity index (χ4n) is 3.43. The fourth-order valence-corrected chi connectivity index (χ4v) is 3.43. The van der Waals surface area contributed by atoms with Gasteiger partial charge in [0.15, 0.2) is 0 Å². The Morgan fingerprint density at radius 1 is 0.935 bits per heavy atom. The average Bonchev–Trinajstić information content (AvgIpc) is 2.81. The third kappa shape index (κ3) is 6.69. The number of ether oxygens (including phenoxy) is 1. The van der Waals surface area contributed by atoms with E-state index in [0.717, 1.165) is 24.5 Å². The van der Waals surface area contributed by atoms with Crippen molar-refractivity contribution in [1.82, 2.24) is 4.98 Å². The van der Waals surface area contributed by atoms with Crippen molar-refractivity contribution in [3.63, 3.8) is 0 Å². The van der Waals surface area contributed by atoms with E-state index in [9.17, 15) is 9.50 Å². The van der Waals surface area contributed by atoms with Crippen LogP contribution >= 0.6 is 0 Å². The molecule has 1 unspecified atom stereocenters. The first-order valence-electron chi connectivity index (χ1n) is 10.6. The number of aliphatic hydroxyl groups is 1. The van der Waals surface area contributed by atoms with Gasteiger partial charge in [-0.25, -0.2) is 9.37 Å². The Morgan fingerprint density at radius 3 is 2.26 bits per heavy atom. The van der Waals surface area contributed by atoms with Crippen LogP contribution in [-0.4, -0.2) is 42.4 Å². The smallest absolute Gasteiger partial charge is 0.128 e. The van der Waals surface area contributed by atoms with Crippen LogP contribution in [-0.2, 0) is 6.54 Å². The molecule has 0 fully saturated rings. The van der Waals surface area contributed by atoms with Crippen LogP contribution in [0.3, 0.4) is 0 Å². The van der Waals surface area contributed by atoms with Gasteiger partial charge in [-0.05, 0) is 67.9 Å². The van der Waals surface area contributed by atoms with Crippen LogP contribution in [0, 0.1) is 5.82 Å². The minimum atomic E-state index is -0.734. The van der Waals surface area contributed by atoms with E-state index < -0.39 is 6.10 Å². The SMILES string of the molecule is CCN(CC)c1ccc(CN(CC(O)COc2ccc(F)cc2)c2ccccn2)cc1. The Labute approximate surface area is 183 Å². The number of halogens is 1.